The van der Waals surface area contributed by atoms with E-state index in [0.717, 1.165) is 11.3 Å². The van der Waals surface area contributed by atoms with E-state index in [4.69, 9.17) is 34.3 Å². The van der Waals surface area contributed by atoms with Gasteiger partial charge >= 0.3 is 0 Å². The topological polar surface area (TPSA) is 35.2 Å². The molecule has 0 fully saturated rings. The maximum Gasteiger partial charge on any atom is 0.122 e. The molecule has 4 heteroatoms. The second-order valence-electron chi connectivity index (χ2n) is 4.45. The normalized spacial score (nSPS) is 11.2. The molecular formula is C12H16ClNOS. The van der Waals surface area contributed by atoms with Crippen LogP contribution in [0, 0.1) is 12.3 Å². The van der Waals surface area contributed by atoms with E-state index in [0.29, 0.717) is 16.6 Å². The van der Waals surface area contributed by atoms with Gasteiger partial charge < -0.3 is 10.5 Å². The first-order valence-electron chi connectivity index (χ1n) is 5.02. The van der Waals surface area contributed by atoms with E-state index in [1.165, 1.54) is 0 Å². The Morgan fingerprint density at radius 1 is 1.50 bits per heavy atom. The molecule has 88 valence electrons. The Kier molecular flexibility index (Phi) is 4.16. The molecule has 0 heterocycles. The number of hydrogen-bond donors (Lipinski definition) is 1. The van der Waals surface area contributed by atoms with Crippen molar-refractivity contribution in [1.82, 2.24) is 0 Å². The predicted molar refractivity (Wildman–Crippen MR) is 72.3 cm³/mol. The fourth-order valence-corrected chi connectivity index (χ4v) is 1.39. The summed E-state index contributed by atoms with van der Waals surface area (Å²) in [5.41, 5.74) is 6.33. The molecule has 2 N–H and O–H groups in total. The van der Waals surface area contributed by atoms with Crippen molar-refractivity contribution >= 4 is 28.8 Å². The van der Waals surface area contributed by atoms with E-state index in [9.17, 15) is 0 Å². The molecule has 0 amide bonds. The SMILES string of the molecule is Cc1cc(Cl)ccc1OCC(C)(C)C(N)=S. The number of rotatable bonds is 4. The zero-order chi connectivity index (χ0) is 12.3. The van der Waals surface area contributed by atoms with Gasteiger partial charge in [0.15, 0.2) is 0 Å². The summed E-state index contributed by atoms with van der Waals surface area (Å²) in [4.78, 5) is 0.458. The number of benzene rings is 1. The lowest BCUT2D eigenvalue weighted by molar-refractivity contribution is 0.235. The summed E-state index contributed by atoms with van der Waals surface area (Å²) in [5, 5.41) is 0.707. The average molecular weight is 258 g/mol. The second kappa shape index (κ2) is 5.02. The monoisotopic (exact) mass is 257 g/mol. The molecule has 0 saturated carbocycles. The first kappa shape index (κ1) is 13.3. The number of halogens is 1. The Morgan fingerprint density at radius 3 is 2.62 bits per heavy atom. The van der Waals surface area contributed by atoms with Gasteiger partial charge in [0.25, 0.3) is 0 Å². The van der Waals surface area contributed by atoms with Crippen molar-refractivity contribution < 1.29 is 4.74 Å². The van der Waals surface area contributed by atoms with Gasteiger partial charge in [0.05, 0.1) is 11.6 Å². The molecule has 0 atom stereocenters. The van der Waals surface area contributed by atoms with Gasteiger partial charge in [0, 0.05) is 10.4 Å². The molecule has 2 nitrogen and oxygen atoms in total. The fraction of sp³-hybridized carbons (Fsp3) is 0.417. The van der Waals surface area contributed by atoms with Crippen LogP contribution in [0.15, 0.2) is 18.2 Å². The van der Waals surface area contributed by atoms with E-state index in [2.05, 4.69) is 0 Å². The minimum Gasteiger partial charge on any atom is -0.492 e. The maximum absolute atomic E-state index is 5.86. The van der Waals surface area contributed by atoms with Crippen LogP contribution in [-0.4, -0.2) is 11.6 Å². The van der Waals surface area contributed by atoms with E-state index in [1.807, 2.05) is 32.9 Å². The van der Waals surface area contributed by atoms with Crippen molar-refractivity contribution in [2.45, 2.75) is 20.8 Å². The minimum absolute atomic E-state index is 0.304. The molecule has 0 radical (unpaired) electrons. The Labute approximate surface area is 107 Å². The third kappa shape index (κ3) is 3.35. The highest BCUT2D eigenvalue weighted by Gasteiger charge is 2.22. The van der Waals surface area contributed by atoms with Crippen molar-refractivity contribution in [3.8, 4) is 5.75 Å². The molecule has 1 aromatic carbocycles. The molecule has 0 aliphatic carbocycles. The van der Waals surface area contributed by atoms with Gasteiger partial charge in [-0.3, -0.25) is 0 Å². The fourth-order valence-electron chi connectivity index (χ4n) is 1.10. The Morgan fingerprint density at radius 2 is 2.12 bits per heavy atom. The Hall–Kier alpha value is -0.800. The van der Waals surface area contributed by atoms with E-state index in [-0.39, 0.29) is 5.41 Å². The van der Waals surface area contributed by atoms with Gasteiger partial charge in [0.1, 0.15) is 5.75 Å². The Balaban J connectivity index is 2.72. The van der Waals surface area contributed by atoms with Crippen LogP contribution in [0.3, 0.4) is 0 Å². The van der Waals surface area contributed by atoms with Gasteiger partial charge in [0.2, 0.25) is 0 Å². The van der Waals surface area contributed by atoms with E-state index >= 15 is 0 Å². The minimum atomic E-state index is -0.304. The summed E-state index contributed by atoms with van der Waals surface area (Å²) in [6.07, 6.45) is 0. The number of nitrogens with two attached hydrogens (primary N) is 1. The van der Waals surface area contributed by atoms with Crippen LogP contribution in [0.4, 0.5) is 0 Å². The van der Waals surface area contributed by atoms with E-state index < -0.39 is 0 Å². The molecule has 0 aliphatic rings. The summed E-state index contributed by atoms with van der Waals surface area (Å²) in [7, 11) is 0. The van der Waals surface area contributed by atoms with Crippen LogP contribution in [0.25, 0.3) is 0 Å². The molecule has 0 aliphatic heterocycles. The summed E-state index contributed by atoms with van der Waals surface area (Å²) in [6.45, 7) is 6.33. The third-order valence-electron chi connectivity index (χ3n) is 2.39. The zero-order valence-electron chi connectivity index (χ0n) is 9.71. The molecule has 0 bridgehead atoms. The quantitative estimate of drug-likeness (QED) is 0.841. The Bertz CT molecular complexity index is 404. The van der Waals surface area contributed by atoms with Crippen LogP contribution in [0.2, 0.25) is 5.02 Å². The lowest BCUT2D eigenvalue weighted by atomic mass is 9.95. The summed E-state index contributed by atoms with van der Waals surface area (Å²) < 4.78 is 5.69. The van der Waals surface area contributed by atoms with Crippen LogP contribution in [0.5, 0.6) is 5.75 Å². The van der Waals surface area contributed by atoms with Crippen molar-refractivity contribution in [2.24, 2.45) is 11.1 Å². The highest BCUT2D eigenvalue weighted by molar-refractivity contribution is 7.80. The molecule has 0 aromatic heterocycles. The number of hydrogen-bond acceptors (Lipinski definition) is 2. The first-order chi connectivity index (χ1) is 7.33. The number of thiocarbonyl (C=S) groups is 1. The van der Waals surface area contributed by atoms with Gasteiger partial charge in [-0.15, -0.1) is 0 Å². The van der Waals surface area contributed by atoms with E-state index in [1.54, 1.807) is 6.07 Å². The second-order valence-corrected chi connectivity index (χ2v) is 5.32. The zero-order valence-corrected chi connectivity index (χ0v) is 11.3. The molecule has 0 spiro atoms. The highest BCUT2D eigenvalue weighted by atomic mass is 35.5. The number of aryl methyl sites for hydroxylation is 1. The van der Waals surface area contributed by atoms with Crippen molar-refractivity contribution in [1.29, 1.82) is 0 Å². The van der Waals surface area contributed by atoms with Gasteiger partial charge in [-0.25, -0.2) is 0 Å². The number of ether oxygens (including phenoxy) is 1. The first-order valence-corrected chi connectivity index (χ1v) is 5.80. The largest absolute Gasteiger partial charge is 0.492 e. The predicted octanol–water partition coefficient (Wildman–Crippen LogP) is 3.34. The molecule has 0 saturated heterocycles. The third-order valence-corrected chi connectivity index (χ3v) is 3.18. The van der Waals surface area contributed by atoms with Crippen molar-refractivity contribution in [3.05, 3.63) is 28.8 Å². The summed E-state index contributed by atoms with van der Waals surface area (Å²) in [5.74, 6) is 0.814. The van der Waals surface area contributed by atoms with Crippen LogP contribution < -0.4 is 10.5 Å². The van der Waals surface area contributed by atoms with Crippen molar-refractivity contribution in [3.63, 3.8) is 0 Å². The molecule has 16 heavy (non-hydrogen) atoms. The highest BCUT2D eigenvalue weighted by Crippen LogP contribution is 2.24. The van der Waals surface area contributed by atoms with Crippen LogP contribution in [0.1, 0.15) is 19.4 Å². The van der Waals surface area contributed by atoms with Gasteiger partial charge in [-0.1, -0.05) is 37.7 Å². The average Bonchev–Trinajstić information content (AvgIpc) is 2.16. The molecule has 1 rings (SSSR count). The lowest BCUT2D eigenvalue weighted by Crippen LogP contribution is -2.35. The molecule has 1 aromatic rings. The van der Waals surface area contributed by atoms with Crippen LogP contribution >= 0.6 is 23.8 Å². The summed E-state index contributed by atoms with van der Waals surface area (Å²) in [6, 6.07) is 5.52. The summed E-state index contributed by atoms with van der Waals surface area (Å²) >= 11 is 10.8. The van der Waals surface area contributed by atoms with Gasteiger partial charge in [-0.05, 0) is 30.7 Å². The van der Waals surface area contributed by atoms with Crippen LogP contribution in [-0.2, 0) is 0 Å². The smallest absolute Gasteiger partial charge is 0.122 e. The molecule has 0 unspecified atom stereocenters. The lowest BCUT2D eigenvalue weighted by Gasteiger charge is -2.23. The molecular weight excluding hydrogens is 242 g/mol. The maximum atomic E-state index is 5.86. The standard InChI is InChI=1S/C12H16ClNOS/c1-8-6-9(13)4-5-10(8)15-7-12(2,3)11(14)16/h4-6H,7H2,1-3H3,(H2,14,16). The van der Waals surface area contributed by atoms with Gasteiger partial charge in [-0.2, -0.15) is 0 Å². The van der Waals surface area contributed by atoms with Crippen molar-refractivity contribution in [2.75, 3.05) is 6.61 Å².